The average Bonchev–Trinajstić information content (AvgIpc) is 1.91. The van der Waals surface area contributed by atoms with E-state index in [1.54, 1.807) is 0 Å². The third-order valence-electron chi connectivity index (χ3n) is 0.664. The lowest BCUT2D eigenvalue weighted by Crippen LogP contribution is -2.25. The fourth-order valence-corrected chi connectivity index (χ4v) is 0.737. The van der Waals surface area contributed by atoms with E-state index in [1.807, 2.05) is 34.6 Å². The van der Waals surface area contributed by atoms with E-state index in [9.17, 15) is 0 Å². The molecule has 0 aliphatic heterocycles. The largest absolute Gasteiger partial charge is 0.468 e. The first-order chi connectivity index (χ1) is 5.16. The minimum atomic E-state index is 0.177. The summed E-state index contributed by atoms with van der Waals surface area (Å²) >= 11 is 4.80. The van der Waals surface area contributed by atoms with Crippen LogP contribution in [-0.2, 0) is 4.74 Å². The Morgan fingerprint density at radius 2 is 1.91 bits per heavy atom. The zero-order chi connectivity index (χ0) is 9.28. The van der Waals surface area contributed by atoms with E-state index in [0.29, 0.717) is 5.17 Å². The Morgan fingerprint density at radius 1 is 1.45 bits per heavy atom. The van der Waals surface area contributed by atoms with Gasteiger partial charge in [0.1, 0.15) is 0 Å². The average molecular weight is 177 g/mol. The Labute approximate surface area is 75.3 Å². The van der Waals surface area contributed by atoms with Crippen LogP contribution in [0.5, 0.6) is 0 Å². The van der Waals surface area contributed by atoms with Gasteiger partial charge in [-0.25, -0.2) is 0 Å². The summed E-state index contributed by atoms with van der Waals surface area (Å²) in [7, 11) is 0. The second-order valence-electron chi connectivity index (χ2n) is 1.98. The van der Waals surface area contributed by atoms with Gasteiger partial charge >= 0.3 is 0 Å². The second kappa shape index (κ2) is 9.69. The number of rotatable bonds is 2. The minimum absolute atomic E-state index is 0.177. The molecule has 0 unspecified atom stereocenters. The molecule has 0 aromatic carbocycles. The summed E-state index contributed by atoms with van der Waals surface area (Å²) in [5.41, 5.74) is 0. The molecular formula is C8H19NOS. The van der Waals surface area contributed by atoms with Gasteiger partial charge in [0.25, 0.3) is 5.17 Å². The molecule has 0 aromatic heterocycles. The lowest BCUT2D eigenvalue weighted by molar-refractivity contribution is 0.225. The lowest BCUT2D eigenvalue weighted by Gasteiger charge is -2.10. The number of hydrogen-bond donors (Lipinski definition) is 1. The molecule has 0 rings (SSSR count). The summed E-state index contributed by atoms with van der Waals surface area (Å²) in [5, 5.41) is 3.38. The van der Waals surface area contributed by atoms with E-state index < -0.39 is 0 Å². The number of thiocarbonyl (C=S) groups is 1. The Balaban J connectivity index is 0. The maximum Gasteiger partial charge on any atom is 0.256 e. The topological polar surface area (TPSA) is 21.3 Å². The summed E-state index contributed by atoms with van der Waals surface area (Å²) in [4.78, 5) is 0. The number of ether oxygens (including phenoxy) is 1. The first kappa shape index (κ1) is 13.3. The van der Waals surface area contributed by atoms with Gasteiger partial charge in [-0.2, -0.15) is 0 Å². The van der Waals surface area contributed by atoms with E-state index in [1.165, 1.54) is 0 Å². The monoisotopic (exact) mass is 177 g/mol. The normalized spacial score (nSPS) is 8.18. The van der Waals surface area contributed by atoms with Crippen molar-refractivity contribution in [3.8, 4) is 0 Å². The Hall–Kier alpha value is -0.310. The molecule has 68 valence electrons. The zero-order valence-electron chi connectivity index (χ0n) is 8.10. The van der Waals surface area contributed by atoms with Crippen LogP contribution in [0.15, 0.2) is 0 Å². The van der Waals surface area contributed by atoms with Crippen molar-refractivity contribution in [3.63, 3.8) is 0 Å². The molecule has 0 aliphatic carbocycles. The quantitative estimate of drug-likeness (QED) is 0.654. The van der Waals surface area contributed by atoms with Gasteiger partial charge < -0.3 is 10.1 Å². The van der Waals surface area contributed by atoms with Crippen molar-refractivity contribution >= 4 is 17.4 Å². The van der Waals surface area contributed by atoms with Gasteiger partial charge in [-0.15, -0.1) is 0 Å². The van der Waals surface area contributed by atoms with Crippen LogP contribution in [0.2, 0.25) is 0 Å². The second-order valence-corrected chi connectivity index (χ2v) is 2.36. The molecule has 0 heterocycles. The molecule has 2 nitrogen and oxygen atoms in total. The summed E-state index contributed by atoms with van der Waals surface area (Å²) < 4.78 is 5.11. The predicted molar refractivity (Wildman–Crippen MR) is 53.8 cm³/mol. The smallest absolute Gasteiger partial charge is 0.256 e. The molecule has 1 N–H and O–H groups in total. The van der Waals surface area contributed by atoms with Gasteiger partial charge in [0, 0.05) is 6.54 Å². The lowest BCUT2D eigenvalue weighted by atomic mass is 10.5. The molecule has 0 aromatic rings. The first-order valence-corrected chi connectivity index (χ1v) is 4.52. The van der Waals surface area contributed by atoms with Crippen LogP contribution in [0.4, 0.5) is 0 Å². The van der Waals surface area contributed by atoms with Crippen LogP contribution < -0.4 is 5.32 Å². The van der Waals surface area contributed by atoms with Crippen LogP contribution in [-0.4, -0.2) is 17.8 Å². The van der Waals surface area contributed by atoms with E-state index >= 15 is 0 Å². The molecule has 0 aliphatic rings. The predicted octanol–water partition coefficient (Wildman–Crippen LogP) is 2.33. The van der Waals surface area contributed by atoms with Crippen LogP contribution in [0, 0.1) is 0 Å². The fourth-order valence-electron chi connectivity index (χ4n) is 0.400. The highest BCUT2D eigenvalue weighted by atomic mass is 32.1. The third-order valence-corrected chi connectivity index (χ3v) is 0.904. The van der Waals surface area contributed by atoms with Gasteiger partial charge in [0.15, 0.2) is 0 Å². The number of nitrogens with one attached hydrogen (secondary N) is 1. The fraction of sp³-hybridized carbons (Fsp3) is 0.875. The first-order valence-electron chi connectivity index (χ1n) is 4.11. The van der Waals surface area contributed by atoms with E-state index in [0.717, 1.165) is 6.54 Å². The van der Waals surface area contributed by atoms with Gasteiger partial charge in [-0.3, -0.25) is 0 Å². The van der Waals surface area contributed by atoms with Crippen molar-refractivity contribution in [2.45, 2.75) is 40.7 Å². The van der Waals surface area contributed by atoms with E-state index in [2.05, 4.69) is 5.32 Å². The molecule has 0 bridgehead atoms. The highest BCUT2D eigenvalue weighted by Crippen LogP contribution is 1.87. The van der Waals surface area contributed by atoms with Crippen LogP contribution in [0.3, 0.4) is 0 Å². The van der Waals surface area contributed by atoms with E-state index in [4.69, 9.17) is 17.0 Å². The van der Waals surface area contributed by atoms with Crippen molar-refractivity contribution < 1.29 is 4.74 Å². The van der Waals surface area contributed by atoms with Crippen LogP contribution >= 0.6 is 12.2 Å². The molecule has 3 heteroatoms. The zero-order valence-corrected chi connectivity index (χ0v) is 8.92. The summed E-state index contributed by atoms with van der Waals surface area (Å²) in [6, 6.07) is 0. The van der Waals surface area contributed by atoms with Crippen molar-refractivity contribution in [1.82, 2.24) is 5.32 Å². The molecule has 0 fully saturated rings. The summed E-state index contributed by atoms with van der Waals surface area (Å²) in [6.07, 6.45) is 0.177. The SMILES string of the molecule is CC.CCNC(=S)OC(C)C. The Kier molecular flexibility index (Phi) is 11.7. The Morgan fingerprint density at radius 3 is 2.18 bits per heavy atom. The summed E-state index contributed by atoms with van der Waals surface area (Å²) in [5.74, 6) is 0. The van der Waals surface area contributed by atoms with Crippen molar-refractivity contribution in [2.75, 3.05) is 6.54 Å². The van der Waals surface area contributed by atoms with Gasteiger partial charge in [-0.1, -0.05) is 13.8 Å². The maximum atomic E-state index is 5.11. The van der Waals surface area contributed by atoms with Gasteiger partial charge in [-0.05, 0) is 33.0 Å². The van der Waals surface area contributed by atoms with E-state index in [-0.39, 0.29) is 6.10 Å². The highest BCUT2D eigenvalue weighted by Gasteiger charge is 1.95. The summed E-state index contributed by atoms with van der Waals surface area (Å²) in [6.45, 7) is 10.7. The van der Waals surface area contributed by atoms with Crippen molar-refractivity contribution in [1.29, 1.82) is 0 Å². The van der Waals surface area contributed by atoms with Crippen LogP contribution in [0.25, 0.3) is 0 Å². The van der Waals surface area contributed by atoms with Gasteiger partial charge in [0.05, 0.1) is 6.10 Å². The van der Waals surface area contributed by atoms with Crippen molar-refractivity contribution in [2.24, 2.45) is 0 Å². The molecule has 0 spiro atoms. The highest BCUT2D eigenvalue weighted by molar-refractivity contribution is 7.80. The molecular weight excluding hydrogens is 158 g/mol. The van der Waals surface area contributed by atoms with Crippen molar-refractivity contribution in [3.05, 3.63) is 0 Å². The molecule has 0 saturated heterocycles. The minimum Gasteiger partial charge on any atom is -0.468 e. The number of hydrogen-bond acceptors (Lipinski definition) is 2. The third kappa shape index (κ3) is 12.8. The van der Waals surface area contributed by atoms with Crippen LogP contribution in [0.1, 0.15) is 34.6 Å². The standard InChI is InChI=1S/C6H13NOS.C2H6/c1-4-7-6(9)8-5(2)3;1-2/h5H,4H2,1-3H3,(H,7,9);1-2H3. The maximum absolute atomic E-state index is 5.11. The molecule has 0 amide bonds. The molecule has 0 radical (unpaired) electrons. The molecule has 0 saturated carbocycles. The van der Waals surface area contributed by atoms with Gasteiger partial charge in [0.2, 0.25) is 0 Å². The molecule has 0 atom stereocenters. The molecule has 11 heavy (non-hydrogen) atoms. The Bertz CT molecular complexity index is 94.1.